The molecule has 3 nitrogen and oxygen atoms in total. The van der Waals surface area contributed by atoms with Gasteiger partial charge in [0.1, 0.15) is 17.5 Å². The number of benzene rings is 1. The maximum absolute atomic E-state index is 13.2. The summed E-state index contributed by atoms with van der Waals surface area (Å²) in [6.07, 6.45) is 0. The van der Waals surface area contributed by atoms with Gasteiger partial charge in [-0.3, -0.25) is 9.59 Å². The summed E-state index contributed by atoms with van der Waals surface area (Å²) in [4.78, 5) is 21.7. The molecule has 1 atom stereocenters. The van der Waals surface area contributed by atoms with E-state index in [1.165, 1.54) is 0 Å². The van der Waals surface area contributed by atoms with Crippen LogP contribution in [-0.2, 0) is 9.59 Å². The van der Waals surface area contributed by atoms with Crippen LogP contribution in [0.25, 0.3) is 0 Å². The van der Waals surface area contributed by atoms with Crippen LogP contribution in [-0.4, -0.2) is 16.9 Å². The van der Waals surface area contributed by atoms with E-state index in [2.05, 4.69) is 0 Å². The normalized spacial score (nSPS) is 12.2. The quantitative estimate of drug-likeness (QED) is 0.639. The second-order valence-corrected chi connectivity index (χ2v) is 3.17. The van der Waals surface area contributed by atoms with Crippen molar-refractivity contribution in [2.45, 2.75) is 12.8 Å². The minimum atomic E-state index is -1.82. The molecule has 16 heavy (non-hydrogen) atoms. The molecule has 0 amide bonds. The Labute approximate surface area is 88.5 Å². The molecule has 0 heterocycles. The maximum atomic E-state index is 13.2. The van der Waals surface area contributed by atoms with Crippen molar-refractivity contribution in [3.8, 4) is 0 Å². The van der Waals surface area contributed by atoms with Crippen LogP contribution in [0.5, 0.6) is 0 Å². The fraction of sp³-hybridized carbons (Fsp3) is 0.200. The second-order valence-electron chi connectivity index (χ2n) is 3.17. The van der Waals surface area contributed by atoms with Crippen LogP contribution >= 0.6 is 0 Å². The lowest BCUT2D eigenvalue weighted by molar-refractivity contribution is -0.142. The number of hydrogen-bond donors (Lipinski definition) is 1. The fourth-order valence-corrected chi connectivity index (χ4v) is 1.29. The monoisotopic (exact) mass is 232 g/mol. The average molecular weight is 232 g/mol. The molecule has 0 bridgehead atoms. The third-order valence-corrected chi connectivity index (χ3v) is 2.00. The standard InChI is InChI=1S/C10H7F3O3/c1-4(14)9(10(15)16)5-2-7(12)8(13)3-6(5)11/h2-3,9H,1H3,(H,15,16). The Morgan fingerprint density at radius 2 is 1.62 bits per heavy atom. The van der Waals surface area contributed by atoms with Crippen molar-refractivity contribution in [2.75, 3.05) is 0 Å². The Bertz CT molecular complexity index is 443. The third-order valence-electron chi connectivity index (χ3n) is 2.00. The predicted octanol–water partition coefficient (Wildman–Crippen LogP) is 1.86. The molecule has 0 aliphatic carbocycles. The first-order chi connectivity index (χ1) is 7.34. The summed E-state index contributed by atoms with van der Waals surface area (Å²) in [6.45, 7) is 0.930. The number of hydrogen-bond acceptors (Lipinski definition) is 2. The van der Waals surface area contributed by atoms with E-state index in [0.717, 1.165) is 6.92 Å². The van der Waals surface area contributed by atoms with Crippen molar-refractivity contribution in [1.29, 1.82) is 0 Å². The molecule has 0 saturated carbocycles. The Morgan fingerprint density at radius 3 is 2.06 bits per heavy atom. The first-order valence-corrected chi connectivity index (χ1v) is 4.22. The largest absolute Gasteiger partial charge is 0.480 e. The van der Waals surface area contributed by atoms with E-state index in [4.69, 9.17) is 5.11 Å². The lowest BCUT2D eigenvalue weighted by Gasteiger charge is -2.10. The van der Waals surface area contributed by atoms with Gasteiger partial charge in [0, 0.05) is 11.6 Å². The number of halogens is 3. The molecule has 0 aromatic heterocycles. The number of rotatable bonds is 3. The average Bonchev–Trinajstić information content (AvgIpc) is 2.12. The highest BCUT2D eigenvalue weighted by Crippen LogP contribution is 2.23. The van der Waals surface area contributed by atoms with Gasteiger partial charge in [0.05, 0.1) is 0 Å². The zero-order valence-electron chi connectivity index (χ0n) is 8.13. The number of carbonyl (C=O) groups excluding carboxylic acids is 1. The predicted molar refractivity (Wildman–Crippen MR) is 47.4 cm³/mol. The SMILES string of the molecule is CC(=O)C(C(=O)O)c1cc(F)c(F)cc1F. The molecular formula is C10H7F3O3. The lowest BCUT2D eigenvalue weighted by Crippen LogP contribution is -2.20. The van der Waals surface area contributed by atoms with Gasteiger partial charge >= 0.3 is 5.97 Å². The number of carbonyl (C=O) groups is 2. The summed E-state index contributed by atoms with van der Waals surface area (Å²) in [7, 11) is 0. The molecular weight excluding hydrogens is 225 g/mol. The molecule has 86 valence electrons. The van der Waals surface area contributed by atoms with E-state index >= 15 is 0 Å². The summed E-state index contributed by atoms with van der Waals surface area (Å²) >= 11 is 0. The molecule has 6 heteroatoms. The summed E-state index contributed by atoms with van der Waals surface area (Å²) in [5.41, 5.74) is -0.682. The van der Waals surface area contributed by atoms with Crippen LogP contribution in [0.2, 0.25) is 0 Å². The molecule has 1 N–H and O–H groups in total. The lowest BCUT2D eigenvalue weighted by atomic mass is 9.95. The number of aliphatic carboxylic acids is 1. The van der Waals surface area contributed by atoms with Gasteiger partial charge in [0.15, 0.2) is 11.6 Å². The van der Waals surface area contributed by atoms with E-state index in [9.17, 15) is 22.8 Å². The minimum absolute atomic E-state index is 0.212. The van der Waals surface area contributed by atoms with Crippen molar-refractivity contribution < 1.29 is 27.9 Å². The van der Waals surface area contributed by atoms with Crippen LogP contribution in [0.15, 0.2) is 12.1 Å². The highest BCUT2D eigenvalue weighted by atomic mass is 19.2. The van der Waals surface area contributed by atoms with Crippen LogP contribution < -0.4 is 0 Å². The third kappa shape index (κ3) is 2.21. The van der Waals surface area contributed by atoms with Gasteiger partial charge in [-0.15, -0.1) is 0 Å². The van der Waals surface area contributed by atoms with E-state index in [0.29, 0.717) is 6.07 Å². The fourth-order valence-electron chi connectivity index (χ4n) is 1.29. The summed E-state index contributed by atoms with van der Waals surface area (Å²) in [5.74, 6) is -8.40. The molecule has 0 aliphatic rings. The molecule has 0 fully saturated rings. The van der Waals surface area contributed by atoms with Crippen molar-refractivity contribution in [3.63, 3.8) is 0 Å². The van der Waals surface area contributed by atoms with Crippen LogP contribution in [0.4, 0.5) is 13.2 Å². The summed E-state index contributed by atoms with van der Waals surface area (Å²) in [5, 5.41) is 8.68. The van der Waals surface area contributed by atoms with Crippen molar-refractivity contribution in [2.24, 2.45) is 0 Å². The van der Waals surface area contributed by atoms with Crippen molar-refractivity contribution in [3.05, 3.63) is 35.1 Å². The smallest absolute Gasteiger partial charge is 0.318 e. The molecule has 1 aromatic carbocycles. The number of carboxylic acid groups (broad SMARTS) is 1. The van der Waals surface area contributed by atoms with Gasteiger partial charge in [0.2, 0.25) is 0 Å². The van der Waals surface area contributed by atoms with Gasteiger partial charge in [-0.25, -0.2) is 13.2 Å². The molecule has 0 saturated heterocycles. The summed E-state index contributed by atoms with van der Waals surface area (Å²) < 4.78 is 38.6. The van der Waals surface area contributed by atoms with E-state index in [-0.39, 0.29) is 6.07 Å². The Hall–Kier alpha value is -1.85. The van der Waals surface area contributed by atoms with Gasteiger partial charge in [-0.05, 0) is 13.0 Å². The molecule has 0 spiro atoms. The number of ketones is 1. The molecule has 0 aliphatic heterocycles. The first kappa shape index (κ1) is 12.2. The Balaban J connectivity index is 3.35. The highest BCUT2D eigenvalue weighted by Gasteiger charge is 2.29. The van der Waals surface area contributed by atoms with Crippen molar-refractivity contribution in [1.82, 2.24) is 0 Å². The molecule has 1 rings (SSSR count). The van der Waals surface area contributed by atoms with E-state index in [1.54, 1.807) is 0 Å². The van der Waals surface area contributed by atoms with E-state index < -0.39 is 40.7 Å². The van der Waals surface area contributed by atoms with Gasteiger partial charge in [0.25, 0.3) is 0 Å². The maximum Gasteiger partial charge on any atom is 0.318 e. The summed E-state index contributed by atoms with van der Waals surface area (Å²) in [6, 6.07) is 0.592. The minimum Gasteiger partial charge on any atom is -0.480 e. The van der Waals surface area contributed by atoms with Gasteiger partial charge in [-0.1, -0.05) is 0 Å². The van der Waals surface area contributed by atoms with Crippen molar-refractivity contribution >= 4 is 11.8 Å². The topological polar surface area (TPSA) is 54.4 Å². The number of carboxylic acids is 1. The molecule has 1 aromatic rings. The molecule has 0 radical (unpaired) electrons. The van der Waals surface area contributed by atoms with Crippen LogP contribution in [0.3, 0.4) is 0 Å². The number of Topliss-reactive ketones (excluding diaryl/α,β-unsaturated/α-hetero) is 1. The van der Waals surface area contributed by atoms with Gasteiger partial charge in [-0.2, -0.15) is 0 Å². The zero-order chi connectivity index (χ0) is 12.5. The second kappa shape index (κ2) is 4.34. The van der Waals surface area contributed by atoms with Crippen LogP contribution in [0, 0.1) is 17.5 Å². The Kier molecular flexibility index (Phi) is 3.31. The van der Waals surface area contributed by atoms with E-state index in [1.807, 2.05) is 0 Å². The molecule has 1 unspecified atom stereocenters. The van der Waals surface area contributed by atoms with Crippen LogP contribution in [0.1, 0.15) is 18.4 Å². The Morgan fingerprint density at radius 1 is 1.12 bits per heavy atom. The van der Waals surface area contributed by atoms with Gasteiger partial charge < -0.3 is 5.11 Å². The first-order valence-electron chi connectivity index (χ1n) is 4.22. The zero-order valence-corrected chi connectivity index (χ0v) is 8.13. The highest BCUT2D eigenvalue weighted by molar-refractivity contribution is 6.02.